The van der Waals surface area contributed by atoms with Crippen LogP contribution in [0, 0.1) is 0 Å². The first-order valence-electron chi connectivity index (χ1n) is 15.8. The summed E-state index contributed by atoms with van der Waals surface area (Å²) in [6.45, 7) is 0. The molecular formula is C40H24O. The Bertz CT molecular complexity index is 2680. The van der Waals surface area contributed by atoms with E-state index < -0.39 is 0 Å². The Balaban J connectivity index is 1.28. The van der Waals surface area contributed by atoms with Crippen molar-refractivity contribution in [3.05, 3.63) is 145 Å². The van der Waals surface area contributed by atoms with Gasteiger partial charge in [0, 0.05) is 10.8 Å². The molecule has 9 aromatic rings. The number of fused-ring (bicyclic) bond motifs is 8. The Kier molecular flexibility index (Phi) is 3.92. The van der Waals surface area contributed by atoms with Crippen LogP contribution >= 0.6 is 0 Å². The maximum atomic E-state index is 9.22. The van der Waals surface area contributed by atoms with Gasteiger partial charge in [0.05, 0.1) is 5.48 Å². The van der Waals surface area contributed by atoms with Crippen LogP contribution in [0.2, 0.25) is 0 Å². The fraction of sp³-hybridized carbons (Fsp3) is 0. The molecule has 0 amide bonds. The molecule has 0 radical (unpaired) electrons. The third kappa shape index (κ3) is 3.49. The normalized spacial score (nSPS) is 13.3. The van der Waals surface area contributed by atoms with E-state index in [0.717, 1.165) is 59.4 Å². The lowest BCUT2D eigenvalue weighted by atomic mass is 9.91. The first kappa shape index (κ1) is 18.8. The van der Waals surface area contributed by atoms with Crippen LogP contribution in [0.5, 0.6) is 0 Å². The van der Waals surface area contributed by atoms with Gasteiger partial charge in [0.15, 0.2) is 0 Å². The molecule has 0 aliphatic heterocycles. The second kappa shape index (κ2) is 8.55. The molecule has 0 N–H and O–H groups in total. The van der Waals surface area contributed by atoms with Gasteiger partial charge in [-0.2, -0.15) is 0 Å². The quantitative estimate of drug-likeness (QED) is 0.162. The van der Waals surface area contributed by atoms with Crippen LogP contribution in [0.25, 0.3) is 87.3 Å². The molecule has 0 aliphatic carbocycles. The van der Waals surface area contributed by atoms with Gasteiger partial charge >= 0.3 is 0 Å². The van der Waals surface area contributed by atoms with E-state index in [4.69, 9.17) is 7.16 Å². The Morgan fingerprint density at radius 3 is 1.71 bits per heavy atom. The predicted octanol–water partition coefficient (Wildman–Crippen LogP) is 11.5. The van der Waals surface area contributed by atoms with Crippen molar-refractivity contribution < 1.29 is 9.90 Å². The highest BCUT2D eigenvalue weighted by Crippen LogP contribution is 2.38. The highest BCUT2D eigenvalue weighted by Gasteiger charge is 2.12. The van der Waals surface area contributed by atoms with Crippen molar-refractivity contribution in [2.24, 2.45) is 0 Å². The molecule has 0 atom stereocenters. The van der Waals surface area contributed by atoms with Gasteiger partial charge < -0.3 is 4.42 Å². The lowest BCUT2D eigenvalue weighted by Gasteiger charge is -2.13. The number of benzene rings is 8. The molecule has 1 heterocycles. The van der Waals surface area contributed by atoms with E-state index in [1.807, 2.05) is 72.8 Å². The van der Waals surface area contributed by atoms with Crippen molar-refractivity contribution in [2.75, 3.05) is 0 Å². The van der Waals surface area contributed by atoms with Gasteiger partial charge in [0.2, 0.25) is 0 Å². The highest BCUT2D eigenvalue weighted by atomic mass is 16.3. The second-order valence-corrected chi connectivity index (χ2v) is 10.6. The average molecular weight is 525 g/mol. The molecule has 0 unspecified atom stereocenters. The second-order valence-electron chi connectivity index (χ2n) is 10.6. The minimum absolute atomic E-state index is 0.0561. The first-order chi connectivity index (χ1) is 22.0. The summed E-state index contributed by atoms with van der Waals surface area (Å²) in [5.41, 5.74) is 3.39. The molecule has 0 saturated carbocycles. The van der Waals surface area contributed by atoms with Gasteiger partial charge in [-0.05, 0) is 108 Å². The molecule has 1 aromatic heterocycles. The number of hydrogen-bond donors (Lipinski definition) is 0. The molecule has 1 heteroatoms. The maximum absolute atomic E-state index is 9.22. The predicted molar refractivity (Wildman–Crippen MR) is 175 cm³/mol. The molecular weight excluding hydrogens is 496 g/mol. The van der Waals surface area contributed by atoms with Crippen LogP contribution < -0.4 is 0 Å². The van der Waals surface area contributed by atoms with Crippen LogP contribution in [-0.2, 0) is 0 Å². The van der Waals surface area contributed by atoms with Gasteiger partial charge in [-0.25, -0.2) is 0 Å². The van der Waals surface area contributed by atoms with E-state index in [1.165, 1.54) is 0 Å². The topological polar surface area (TPSA) is 13.1 Å². The maximum Gasteiger partial charge on any atom is 0.136 e. The molecule has 190 valence electrons. The molecule has 0 saturated heterocycles. The summed E-state index contributed by atoms with van der Waals surface area (Å²) in [5, 5.41) is 10.3. The zero-order chi connectivity index (χ0) is 30.4. The number of rotatable bonds is 2. The van der Waals surface area contributed by atoms with Gasteiger partial charge in [0.1, 0.15) is 11.2 Å². The SMILES string of the molecule is [2H]c1c([2H])c(-c2cc3cc4ccccc4cc3c3ccccc23)c([2H])c([2H])c1-c1ccc2oc3cc4ccccc4cc3c2c1. The van der Waals surface area contributed by atoms with E-state index in [-0.39, 0.29) is 29.7 Å². The average Bonchev–Trinajstić information content (AvgIpc) is 3.42. The lowest BCUT2D eigenvalue weighted by molar-refractivity contribution is 0.669. The Morgan fingerprint density at radius 1 is 0.366 bits per heavy atom. The van der Waals surface area contributed by atoms with E-state index in [0.29, 0.717) is 22.3 Å². The van der Waals surface area contributed by atoms with E-state index >= 15 is 0 Å². The largest absolute Gasteiger partial charge is 0.456 e. The Labute approximate surface area is 242 Å². The number of hydrogen-bond acceptors (Lipinski definition) is 1. The summed E-state index contributed by atoms with van der Waals surface area (Å²) >= 11 is 0. The van der Waals surface area contributed by atoms with Crippen LogP contribution in [0.1, 0.15) is 5.48 Å². The van der Waals surface area contributed by atoms with Crippen molar-refractivity contribution in [3.8, 4) is 22.3 Å². The van der Waals surface area contributed by atoms with Crippen molar-refractivity contribution in [1.29, 1.82) is 0 Å². The first-order valence-corrected chi connectivity index (χ1v) is 13.8. The number of furan rings is 1. The molecule has 8 aromatic carbocycles. The minimum atomic E-state index is -0.0636. The van der Waals surface area contributed by atoms with Crippen molar-refractivity contribution >= 4 is 65.0 Å². The van der Waals surface area contributed by atoms with Crippen LogP contribution in [0.4, 0.5) is 0 Å². The summed E-state index contributed by atoms with van der Waals surface area (Å²) in [5.74, 6) is 0. The standard InChI is InChI=1S/C40H24O/c1-2-8-28-20-36-32(19-27(28)7-1)23-35(33-11-5-6-12-34(33)36)26-15-13-25(14-16-26)31-17-18-39-37(22-31)38-21-29-9-3-4-10-30(29)24-40(38)41-39/h1-24H/i13D,14D,15D,16D. The van der Waals surface area contributed by atoms with Gasteiger partial charge in [0.25, 0.3) is 0 Å². The third-order valence-corrected chi connectivity index (χ3v) is 8.25. The van der Waals surface area contributed by atoms with Crippen LogP contribution in [-0.4, -0.2) is 0 Å². The monoisotopic (exact) mass is 524 g/mol. The molecule has 1 nitrogen and oxygen atoms in total. The van der Waals surface area contributed by atoms with Crippen molar-refractivity contribution in [1.82, 2.24) is 0 Å². The van der Waals surface area contributed by atoms with E-state index in [9.17, 15) is 2.74 Å². The summed E-state index contributed by atoms with van der Waals surface area (Å²) in [4.78, 5) is 0. The van der Waals surface area contributed by atoms with E-state index in [2.05, 4.69) is 48.5 Å². The lowest BCUT2D eigenvalue weighted by Crippen LogP contribution is -1.86. The van der Waals surface area contributed by atoms with Gasteiger partial charge in [-0.3, -0.25) is 0 Å². The van der Waals surface area contributed by atoms with Crippen molar-refractivity contribution in [3.63, 3.8) is 0 Å². The van der Waals surface area contributed by atoms with Crippen LogP contribution in [0.15, 0.2) is 150 Å². The zero-order valence-electron chi connectivity index (χ0n) is 26.0. The zero-order valence-corrected chi connectivity index (χ0v) is 22.0. The fourth-order valence-corrected chi connectivity index (χ4v) is 6.21. The molecule has 9 rings (SSSR count). The Hall–Kier alpha value is -5.40. The fourth-order valence-electron chi connectivity index (χ4n) is 6.21. The van der Waals surface area contributed by atoms with Gasteiger partial charge in [-0.15, -0.1) is 0 Å². The van der Waals surface area contributed by atoms with E-state index in [1.54, 1.807) is 0 Å². The van der Waals surface area contributed by atoms with Crippen LogP contribution in [0.3, 0.4) is 0 Å². The minimum Gasteiger partial charge on any atom is -0.456 e. The third-order valence-electron chi connectivity index (χ3n) is 8.25. The summed E-state index contributed by atoms with van der Waals surface area (Å²) in [6.07, 6.45) is 0. The molecule has 0 aliphatic rings. The smallest absolute Gasteiger partial charge is 0.136 e. The summed E-state index contributed by atoms with van der Waals surface area (Å²) in [7, 11) is 0. The Morgan fingerprint density at radius 2 is 0.951 bits per heavy atom. The van der Waals surface area contributed by atoms with Crippen molar-refractivity contribution in [2.45, 2.75) is 0 Å². The highest BCUT2D eigenvalue weighted by molar-refractivity contribution is 6.17. The summed E-state index contributed by atoms with van der Waals surface area (Å²) < 4.78 is 42.9. The molecule has 41 heavy (non-hydrogen) atoms. The van der Waals surface area contributed by atoms with Gasteiger partial charge in [-0.1, -0.05) is 103 Å². The summed E-state index contributed by atoms with van der Waals surface area (Å²) in [6, 6.07) is 40.2. The molecule has 0 bridgehead atoms. The molecule has 0 spiro atoms. The molecule has 0 fully saturated rings.